The number of hydrogen-bond donors (Lipinski definition) is 0. The molecule has 0 amide bonds. The van der Waals surface area contributed by atoms with Gasteiger partial charge in [0, 0.05) is 0 Å². The lowest BCUT2D eigenvalue weighted by Crippen LogP contribution is -2.15. The van der Waals surface area contributed by atoms with Gasteiger partial charge in [-0.25, -0.2) is 9.79 Å². The molecule has 1 aliphatic heterocycles. The zero-order valence-electron chi connectivity index (χ0n) is 9.10. The van der Waals surface area contributed by atoms with E-state index >= 15 is 0 Å². The summed E-state index contributed by atoms with van der Waals surface area (Å²) in [4.78, 5) is 13.8. The molecule has 0 saturated carbocycles. The van der Waals surface area contributed by atoms with Gasteiger partial charge in [0.15, 0.2) is 11.5 Å². The minimum Gasteiger partial charge on any atom is -0.486 e. The summed E-state index contributed by atoms with van der Waals surface area (Å²) in [6.07, 6.45) is 2.27. The van der Waals surface area contributed by atoms with Crippen molar-refractivity contribution in [2.75, 3.05) is 13.2 Å². The van der Waals surface area contributed by atoms with Crippen molar-refractivity contribution in [3.05, 3.63) is 23.8 Å². The Morgan fingerprint density at radius 2 is 2.12 bits per heavy atom. The van der Waals surface area contributed by atoms with Gasteiger partial charge in [-0.1, -0.05) is 6.07 Å². The van der Waals surface area contributed by atoms with Crippen molar-refractivity contribution in [3.8, 4) is 11.5 Å². The van der Waals surface area contributed by atoms with Gasteiger partial charge in [-0.05, 0) is 31.0 Å². The quantitative estimate of drug-likeness (QED) is 0.574. The smallest absolute Gasteiger partial charge is 0.235 e. The van der Waals surface area contributed by atoms with Crippen LogP contribution in [0.1, 0.15) is 12.5 Å². The average molecular weight is 219 g/mol. The predicted molar refractivity (Wildman–Crippen MR) is 58.7 cm³/mol. The van der Waals surface area contributed by atoms with Crippen LogP contribution in [-0.2, 0) is 11.2 Å². The standard InChI is InChI=1S/C12H13NO3/c1-9(13-8-14)6-10-2-3-11-12(7-10)16-5-4-15-11/h2-3,7,9H,4-6H2,1H3. The molecule has 0 N–H and O–H groups in total. The number of nitrogens with zero attached hydrogens (tertiary/aromatic N) is 1. The first-order valence-electron chi connectivity index (χ1n) is 5.25. The second-order valence-electron chi connectivity index (χ2n) is 3.75. The van der Waals surface area contributed by atoms with Gasteiger partial charge in [-0.3, -0.25) is 0 Å². The number of aliphatic imine (C=N–C) groups is 1. The summed E-state index contributed by atoms with van der Waals surface area (Å²) in [7, 11) is 0. The molecule has 0 aromatic heterocycles. The number of hydrogen-bond acceptors (Lipinski definition) is 4. The first kappa shape index (κ1) is 10.7. The van der Waals surface area contributed by atoms with E-state index in [0.717, 1.165) is 17.1 Å². The summed E-state index contributed by atoms with van der Waals surface area (Å²) in [5, 5.41) is 0. The van der Waals surface area contributed by atoms with Gasteiger partial charge in [0.05, 0.1) is 6.04 Å². The van der Waals surface area contributed by atoms with Crippen LogP contribution in [0.3, 0.4) is 0 Å². The molecule has 1 aromatic carbocycles. The van der Waals surface area contributed by atoms with Gasteiger partial charge in [0.25, 0.3) is 0 Å². The zero-order chi connectivity index (χ0) is 11.4. The topological polar surface area (TPSA) is 47.9 Å². The summed E-state index contributed by atoms with van der Waals surface area (Å²) >= 11 is 0. The van der Waals surface area contributed by atoms with Gasteiger partial charge >= 0.3 is 0 Å². The van der Waals surface area contributed by atoms with Crippen molar-refractivity contribution in [2.45, 2.75) is 19.4 Å². The molecule has 84 valence electrons. The van der Waals surface area contributed by atoms with Crippen molar-refractivity contribution in [2.24, 2.45) is 4.99 Å². The molecule has 1 heterocycles. The minimum atomic E-state index is -0.0555. The predicted octanol–water partition coefficient (Wildman–Crippen LogP) is 1.72. The molecule has 0 saturated heterocycles. The second-order valence-corrected chi connectivity index (χ2v) is 3.75. The van der Waals surface area contributed by atoms with Crippen LogP contribution in [0.4, 0.5) is 0 Å². The van der Waals surface area contributed by atoms with E-state index in [2.05, 4.69) is 4.99 Å². The van der Waals surface area contributed by atoms with E-state index < -0.39 is 0 Å². The molecule has 0 fully saturated rings. The molecule has 1 aliphatic rings. The lowest BCUT2D eigenvalue weighted by atomic mass is 10.1. The number of benzene rings is 1. The van der Waals surface area contributed by atoms with Crippen molar-refractivity contribution >= 4 is 6.08 Å². The van der Waals surface area contributed by atoms with Crippen LogP contribution in [0, 0.1) is 0 Å². The molecule has 0 radical (unpaired) electrons. The molecule has 0 spiro atoms. The first-order valence-corrected chi connectivity index (χ1v) is 5.25. The Kier molecular flexibility index (Phi) is 3.22. The van der Waals surface area contributed by atoms with E-state index in [1.807, 2.05) is 25.1 Å². The van der Waals surface area contributed by atoms with E-state index in [4.69, 9.17) is 9.47 Å². The van der Waals surface area contributed by atoms with E-state index in [0.29, 0.717) is 19.6 Å². The van der Waals surface area contributed by atoms with Gasteiger partial charge in [-0.15, -0.1) is 0 Å². The van der Waals surface area contributed by atoms with Crippen molar-refractivity contribution < 1.29 is 14.3 Å². The molecule has 2 rings (SSSR count). The second kappa shape index (κ2) is 4.81. The van der Waals surface area contributed by atoms with E-state index in [1.165, 1.54) is 0 Å². The molecule has 0 bridgehead atoms. The minimum absolute atomic E-state index is 0.0555. The van der Waals surface area contributed by atoms with Gasteiger partial charge < -0.3 is 9.47 Å². The average Bonchev–Trinajstić information content (AvgIpc) is 2.29. The van der Waals surface area contributed by atoms with Crippen LogP contribution < -0.4 is 9.47 Å². The SMILES string of the molecule is CC(Cc1ccc2c(c1)OCCO2)N=C=O. The fraction of sp³-hybridized carbons (Fsp3) is 0.417. The summed E-state index contributed by atoms with van der Waals surface area (Å²) in [5.74, 6) is 1.55. The number of ether oxygens (including phenoxy) is 2. The third-order valence-corrected chi connectivity index (χ3v) is 2.41. The third kappa shape index (κ3) is 2.41. The number of fused-ring (bicyclic) bond motifs is 1. The van der Waals surface area contributed by atoms with Crippen molar-refractivity contribution in [3.63, 3.8) is 0 Å². The normalized spacial score (nSPS) is 15.1. The Bertz CT molecular complexity index is 424. The Labute approximate surface area is 93.9 Å². The maximum atomic E-state index is 10.1. The summed E-state index contributed by atoms with van der Waals surface area (Å²) < 4.78 is 10.9. The Balaban J connectivity index is 2.14. The molecular formula is C12H13NO3. The van der Waals surface area contributed by atoms with Crippen LogP contribution >= 0.6 is 0 Å². The molecule has 1 aromatic rings. The molecule has 4 nitrogen and oxygen atoms in total. The highest BCUT2D eigenvalue weighted by atomic mass is 16.6. The highest BCUT2D eigenvalue weighted by Gasteiger charge is 2.12. The van der Waals surface area contributed by atoms with Crippen LogP contribution in [0.2, 0.25) is 0 Å². The van der Waals surface area contributed by atoms with Crippen LogP contribution in [0.5, 0.6) is 11.5 Å². The fourth-order valence-corrected chi connectivity index (χ4v) is 1.69. The first-order chi connectivity index (χ1) is 7.79. The van der Waals surface area contributed by atoms with Crippen LogP contribution in [0.25, 0.3) is 0 Å². The Morgan fingerprint density at radius 3 is 2.88 bits per heavy atom. The lowest BCUT2D eigenvalue weighted by Gasteiger charge is -2.19. The van der Waals surface area contributed by atoms with E-state index in [-0.39, 0.29) is 6.04 Å². The lowest BCUT2D eigenvalue weighted by molar-refractivity contribution is 0.171. The third-order valence-electron chi connectivity index (χ3n) is 2.41. The van der Waals surface area contributed by atoms with E-state index in [9.17, 15) is 4.79 Å². The summed E-state index contributed by atoms with van der Waals surface area (Å²) in [6.45, 7) is 3.05. The Hall–Kier alpha value is -1.80. The zero-order valence-corrected chi connectivity index (χ0v) is 9.10. The number of rotatable bonds is 3. The maximum Gasteiger partial charge on any atom is 0.235 e. The molecule has 4 heteroatoms. The van der Waals surface area contributed by atoms with Crippen molar-refractivity contribution in [1.82, 2.24) is 0 Å². The van der Waals surface area contributed by atoms with Crippen molar-refractivity contribution in [1.29, 1.82) is 0 Å². The van der Waals surface area contributed by atoms with E-state index in [1.54, 1.807) is 6.08 Å². The van der Waals surface area contributed by atoms with Gasteiger partial charge in [0.2, 0.25) is 6.08 Å². The van der Waals surface area contributed by atoms with Crippen LogP contribution in [0.15, 0.2) is 23.2 Å². The molecule has 1 unspecified atom stereocenters. The monoisotopic (exact) mass is 219 g/mol. The Morgan fingerprint density at radius 1 is 1.38 bits per heavy atom. The fourth-order valence-electron chi connectivity index (χ4n) is 1.69. The molecule has 16 heavy (non-hydrogen) atoms. The molecular weight excluding hydrogens is 206 g/mol. The largest absolute Gasteiger partial charge is 0.486 e. The highest BCUT2D eigenvalue weighted by Crippen LogP contribution is 2.31. The van der Waals surface area contributed by atoms with Gasteiger partial charge in [0.1, 0.15) is 13.2 Å². The highest BCUT2D eigenvalue weighted by molar-refractivity contribution is 5.44. The maximum absolute atomic E-state index is 10.1. The molecule has 1 atom stereocenters. The number of isocyanates is 1. The summed E-state index contributed by atoms with van der Waals surface area (Å²) in [6, 6.07) is 5.73. The molecule has 0 aliphatic carbocycles. The number of carbonyl (C=O) groups excluding carboxylic acids is 1. The van der Waals surface area contributed by atoms with Crippen LogP contribution in [-0.4, -0.2) is 25.3 Å². The summed E-state index contributed by atoms with van der Waals surface area (Å²) in [5.41, 5.74) is 1.08. The van der Waals surface area contributed by atoms with Gasteiger partial charge in [-0.2, -0.15) is 0 Å².